The molecule has 1 saturated heterocycles. The SMILES string of the molecule is CCCC(COC1CCOCC1)/C(=C\CF)C(Br)C(O)OC(C)(C)C. The average molecular weight is 425 g/mol. The largest absolute Gasteiger partial charge is 0.381 e. The van der Waals surface area contributed by atoms with Crippen LogP contribution < -0.4 is 0 Å². The fraction of sp³-hybridized carbons (Fsp3) is 0.895. The minimum atomic E-state index is -1.04. The van der Waals surface area contributed by atoms with Gasteiger partial charge in [-0.3, -0.25) is 0 Å². The summed E-state index contributed by atoms with van der Waals surface area (Å²) in [7, 11) is 0. The van der Waals surface area contributed by atoms with E-state index in [9.17, 15) is 9.50 Å². The molecule has 0 amide bonds. The van der Waals surface area contributed by atoms with Crippen LogP contribution in [0, 0.1) is 5.92 Å². The Morgan fingerprint density at radius 3 is 2.52 bits per heavy atom. The van der Waals surface area contributed by atoms with Gasteiger partial charge in [-0.15, -0.1) is 0 Å². The molecule has 0 aromatic heterocycles. The maximum absolute atomic E-state index is 13.1. The Morgan fingerprint density at radius 2 is 2.00 bits per heavy atom. The molecular formula is C19H34BrFO4. The fourth-order valence-electron chi connectivity index (χ4n) is 2.97. The van der Waals surface area contributed by atoms with Crippen LogP contribution in [0.15, 0.2) is 11.6 Å². The van der Waals surface area contributed by atoms with E-state index in [1.54, 1.807) is 6.08 Å². The van der Waals surface area contributed by atoms with Crippen molar-refractivity contribution in [3.8, 4) is 0 Å². The summed E-state index contributed by atoms with van der Waals surface area (Å²) in [5, 5.41) is 10.4. The highest BCUT2D eigenvalue weighted by Crippen LogP contribution is 2.30. The van der Waals surface area contributed by atoms with Crippen LogP contribution in [0.1, 0.15) is 53.4 Å². The Kier molecular flexibility index (Phi) is 10.7. The highest BCUT2D eigenvalue weighted by molar-refractivity contribution is 9.09. The fourth-order valence-corrected chi connectivity index (χ4v) is 3.64. The van der Waals surface area contributed by atoms with Gasteiger partial charge in [-0.25, -0.2) is 4.39 Å². The number of hydrogen-bond acceptors (Lipinski definition) is 4. The van der Waals surface area contributed by atoms with Crippen LogP contribution in [0.4, 0.5) is 4.39 Å². The van der Waals surface area contributed by atoms with Crippen LogP contribution in [0.5, 0.6) is 0 Å². The van der Waals surface area contributed by atoms with E-state index in [0.717, 1.165) is 44.5 Å². The number of alkyl halides is 2. The van der Waals surface area contributed by atoms with Gasteiger partial charge in [0.2, 0.25) is 0 Å². The Labute approximate surface area is 160 Å². The molecule has 1 aliphatic rings. The van der Waals surface area contributed by atoms with Gasteiger partial charge in [0, 0.05) is 19.1 Å². The van der Waals surface area contributed by atoms with Crippen LogP contribution in [-0.2, 0) is 14.2 Å². The van der Waals surface area contributed by atoms with Crippen LogP contribution in [-0.4, -0.2) is 54.4 Å². The minimum Gasteiger partial charge on any atom is -0.381 e. The first-order chi connectivity index (χ1) is 11.8. The molecule has 1 rings (SSSR count). The first-order valence-corrected chi connectivity index (χ1v) is 10.1. The van der Waals surface area contributed by atoms with Crippen LogP contribution in [0.3, 0.4) is 0 Å². The number of ether oxygens (including phenoxy) is 3. The Balaban J connectivity index is 2.76. The third-order valence-corrected chi connectivity index (χ3v) is 5.15. The zero-order chi connectivity index (χ0) is 18.9. The maximum atomic E-state index is 13.1. The van der Waals surface area contributed by atoms with E-state index in [2.05, 4.69) is 22.9 Å². The Morgan fingerprint density at radius 1 is 1.36 bits per heavy atom. The minimum absolute atomic E-state index is 0.0474. The lowest BCUT2D eigenvalue weighted by atomic mass is 9.91. The second-order valence-corrected chi connectivity index (χ2v) is 8.50. The monoisotopic (exact) mass is 424 g/mol. The topological polar surface area (TPSA) is 47.9 Å². The first kappa shape index (κ1) is 23.0. The molecule has 3 unspecified atom stereocenters. The van der Waals surface area contributed by atoms with Crippen molar-refractivity contribution < 1.29 is 23.7 Å². The summed E-state index contributed by atoms with van der Waals surface area (Å²) in [6.45, 7) is 9.15. The molecule has 1 aliphatic heterocycles. The molecule has 0 bridgehead atoms. The van der Waals surface area contributed by atoms with E-state index in [1.165, 1.54) is 0 Å². The summed E-state index contributed by atoms with van der Waals surface area (Å²) in [4.78, 5) is -0.461. The van der Waals surface area contributed by atoms with Gasteiger partial charge in [0.25, 0.3) is 0 Å². The van der Waals surface area contributed by atoms with Gasteiger partial charge in [-0.2, -0.15) is 0 Å². The molecule has 4 nitrogen and oxygen atoms in total. The van der Waals surface area contributed by atoms with Gasteiger partial charge in [0.15, 0.2) is 6.29 Å². The second-order valence-electron chi connectivity index (χ2n) is 7.51. The first-order valence-electron chi connectivity index (χ1n) is 9.23. The zero-order valence-corrected chi connectivity index (χ0v) is 17.6. The molecular weight excluding hydrogens is 391 g/mol. The van der Waals surface area contributed by atoms with Gasteiger partial charge >= 0.3 is 0 Å². The van der Waals surface area contributed by atoms with Gasteiger partial charge in [-0.1, -0.05) is 35.4 Å². The van der Waals surface area contributed by atoms with E-state index >= 15 is 0 Å². The molecule has 25 heavy (non-hydrogen) atoms. The quantitative estimate of drug-likeness (QED) is 0.320. The Hall–Kier alpha value is -0.0100. The van der Waals surface area contributed by atoms with Gasteiger partial charge in [-0.05, 0) is 45.6 Å². The highest BCUT2D eigenvalue weighted by Gasteiger charge is 2.30. The lowest BCUT2D eigenvalue weighted by Gasteiger charge is -2.32. The van der Waals surface area contributed by atoms with Gasteiger partial charge in [0.1, 0.15) is 6.67 Å². The molecule has 0 aromatic carbocycles. The van der Waals surface area contributed by atoms with Crippen molar-refractivity contribution in [1.82, 2.24) is 0 Å². The number of hydrogen-bond donors (Lipinski definition) is 1. The van der Waals surface area contributed by atoms with Gasteiger partial charge < -0.3 is 19.3 Å². The van der Waals surface area contributed by atoms with Crippen LogP contribution >= 0.6 is 15.9 Å². The summed E-state index contributed by atoms with van der Waals surface area (Å²) in [5.74, 6) is 0.0474. The standard InChI is InChI=1S/C19H34BrFO4/c1-5-6-14(13-24-15-8-11-23-12-9-15)16(7-10-21)17(20)18(22)25-19(2,3)4/h7,14-15,17-18,22H,5-6,8-13H2,1-4H3/b16-7+. The number of aliphatic hydroxyl groups excluding tert-OH is 1. The molecule has 0 radical (unpaired) electrons. The molecule has 1 heterocycles. The lowest BCUT2D eigenvalue weighted by Crippen LogP contribution is -2.36. The van der Waals surface area contributed by atoms with Crippen molar-refractivity contribution in [2.75, 3.05) is 26.5 Å². The van der Waals surface area contributed by atoms with E-state index in [1.807, 2.05) is 20.8 Å². The van der Waals surface area contributed by atoms with Crippen molar-refractivity contribution in [1.29, 1.82) is 0 Å². The average Bonchev–Trinajstić information content (AvgIpc) is 2.55. The molecule has 1 N–H and O–H groups in total. The van der Waals surface area contributed by atoms with Crippen molar-refractivity contribution in [2.45, 2.75) is 76.2 Å². The van der Waals surface area contributed by atoms with Crippen LogP contribution in [0.2, 0.25) is 0 Å². The summed E-state index contributed by atoms with van der Waals surface area (Å²) < 4.78 is 30.2. The Bertz CT molecular complexity index is 391. The molecule has 1 fully saturated rings. The molecule has 0 aliphatic carbocycles. The molecule has 6 heteroatoms. The third kappa shape index (κ3) is 8.96. The number of halogens is 2. The van der Waals surface area contributed by atoms with E-state index in [4.69, 9.17) is 14.2 Å². The lowest BCUT2D eigenvalue weighted by molar-refractivity contribution is -0.161. The normalized spacial score (nSPS) is 21.2. The van der Waals surface area contributed by atoms with Gasteiger partial charge in [0.05, 0.1) is 23.1 Å². The van der Waals surface area contributed by atoms with Crippen molar-refractivity contribution in [3.05, 3.63) is 11.6 Å². The molecule has 0 aromatic rings. The number of allylic oxidation sites excluding steroid dienone is 1. The molecule has 3 atom stereocenters. The van der Waals surface area contributed by atoms with E-state index < -0.39 is 23.4 Å². The number of rotatable bonds is 10. The van der Waals surface area contributed by atoms with E-state index in [0.29, 0.717) is 6.61 Å². The maximum Gasteiger partial charge on any atom is 0.171 e. The molecule has 0 spiro atoms. The third-order valence-electron chi connectivity index (χ3n) is 4.17. The highest BCUT2D eigenvalue weighted by atomic mass is 79.9. The predicted octanol–water partition coefficient (Wildman–Crippen LogP) is 4.39. The molecule has 148 valence electrons. The van der Waals surface area contributed by atoms with Crippen molar-refractivity contribution in [2.24, 2.45) is 5.92 Å². The van der Waals surface area contributed by atoms with E-state index in [-0.39, 0.29) is 12.0 Å². The predicted molar refractivity (Wildman–Crippen MR) is 102 cm³/mol. The number of aliphatic hydroxyl groups is 1. The van der Waals surface area contributed by atoms with Crippen LogP contribution in [0.25, 0.3) is 0 Å². The summed E-state index contributed by atoms with van der Waals surface area (Å²) in [6.07, 6.45) is 4.33. The summed E-state index contributed by atoms with van der Waals surface area (Å²) in [6, 6.07) is 0. The summed E-state index contributed by atoms with van der Waals surface area (Å²) >= 11 is 3.51. The van der Waals surface area contributed by atoms with Crippen molar-refractivity contribution in [3.63, 3.8) is 0 Å². The summed E-state index contributed by atoms with van der Waals surface area (Å²) in [5.41, 5.74) is 0.332. The second kappa shape index (κ2) is 11.7. The molecule has 0 saturated carbocycles. The smallest absolute Gasteiger partial charge is 0.171 e. The van der Waals surface area contributed by atoms with Crippen molar-refractivity contribution >= 4 is 15.9 Å². The zero-order valence-electron chi connectivity index (χ0n) is 16.0.